The summed E-state index contributed by atoms with van der Waals surface area (Å²) in [5.74, 6) is 1.38. The number of fused-ring (bicyclic) bond motifs is 1. The molecule has 2 aromatic heterocycles. The van der Waals surface area contributed by atoms with E-state index in [0.29, 0.717) is 24.4 Å². The summed E-state index contributed by atoms with van der Waals surface area (Å²) in [4.78, 5) is 32.6. The first kappa shape index (κ1) is 19.0. The van der Waals surface area contributed by atoms with Crippen LogP contribution in [-0.4, -0.2) is 48.6 Å². The van der Waals surface area contributed by atoms with Crippen LogP contribution in [0.2, 0.25) is 0 Å². The lowest BCUT2D eigenvalue weighted by Gasteiger charge is -2.35. The Morgan fingerprint density at radius 3 is 2.69 bits per heavy atom. The van der Waals surface area contributed by atoms with Gasteiger partial charge < -0.3 is 19.0 Å². The number of aryl methyl sites for hydroxylation is 1. The molecule has 3 heterocycles. The molecule has 1 amide bonds. The van der Waals surface area contributed by atoms with E-state index in [1.165, 1.54) is 6.07 Å². The Kier molecular flexibility index (Phi) is 5.46. The Hall–Kier alpha value is -3.35. The Morgan fingerprint density at radius 1 is 1.14 bits per heavy atom. The minimum absolute atomic E-state index is 0.0488. The zero-order valence-electron chi connectivity index (χ0n) is 16.3. The normalized spacial score (nSPS) is 14.2. The standard InChI is InChI=1S/C22H23N3O4/c1-2-16-13-22(27)29-19-14-17(6-7-18(16)19)28-15-21(26)25-11-9-24(10-12-25)20-5-3-4-8-23-20/h3-8,13-14H,2,9-12,15H2,1H3. The van der Waals surface area contributed by atoms with Gasteiger partial charge in [0.1, 0.15) is 17.2 Å². The van der Waals surface area contributed by atoms with Crippen molar-refractivity contribution in [3.63, 3.8) is 0 Å². The van der Waals surface area contributed by atoms with Crippen molar-refractivity contribution in [1.29, 1.82) is 0 Å². The van der Waals surface area contributed by atoms with Gasteiger partial charge in [0, 0.05) is 49.9 Å². The molecule has 1 aliphatic rings. The van der Waals surface area contributed by atoms with E-state index in [-0.39, 0.29) is 18.1 Å². The Morgan fingerprint density at radius 2 is 1.97 bits per heavy atom. The fourth-order valence-corrected chi connectivity index (χ4v) is 3.55. The summed E-state index contributed by atoms with van der Waals surface area (Å²) in [6.45, 7) is 4.68. The molecule has 1 aliphatic heterocycles. The average Bonchev–Trinajstić information content (AvgIpc) is 2.77. The number of piperazine rings is 1. The van der Waals surface area contributed by atoms with Crippen LogP contribution >= 0.6 is 0 Å². The third-order valence-electron chi connectivity index (χ3n) is 5.15. The molecule has 0 saturated carbocycles. The first-order chi connectivity index (χ1) is 14.1. The minimum atomic E-state index is -0.381. The maximum absolute atomic E-state index is 12.5. The number of pyridine rings is 1. The van der Waals surface area contributed by atoms with Gasteiger partial charge in [0.15, 0.2) is 6.61 Å². The Balaban J connectivity index is 1.36. The molecule has 4 rings (SSSR count). The summed E-state index contributed by atoms with van der Waals surface area (Å²) in [6, 6.07) is 12.7. The van der Waals surface area contributed by atoms with E-state index in [1.54, 1.807) is 23.2 Å². The molecule has 0 bridgehead atoms. The average molecular weight is 393 g/mol. The fraction of sp³-hybridized carbons (Fsp3) is 0.318. The van der Waals surface area contributed by atoms with Crippen molar-refractivity contribution in [3.8, 4) is 5.75 Å². The van der Waals surface area contributed by atoms with Gasteiger partial charge in [-0.1, -0.05) is 13.0 Å². The number of hydrogen-bond donors (Lipinski definition) is 0. The molecule has 1 aromatic carbocycles. The number of amides is 1. The summed E-state index contributed by atoms with van der Waals surface area (Å²) in [5.41, 5.74) is 1.03. The van der Waals surface area contributed by atoms with Gasteiger partial charge in [0.25, 0.3) is 5.91 Å². The Labute approximate surface area is 168 Å². The van der Waals surface area contributed by atoms with Crippen LogP contribution in [0, 0.1) is 0 Å². The number of carbonyl (C=O) groups is 1. The van der Waals surface area contributed by atoms with Crippen molar-refractivity contribution in [2.75, 3.05) is 37.7 Å². The molecule has 150 valence electrons. The number of hydrogen-bond acceptors (Lipinski definition) is 6. The third kappa shape index (κ3) is 4.23. The zero-order valence-corrected chi connectivity index (χ0v) is 16.3. The number of anilines is 1. The monoisotopic (exact) mass is 393 g/mol. The predicted octanol–water partition coefficient (Wildman–Crippen LogP) is 2.48. The van der Waals surface area contributed by atoms with E-state index >= 15 is 0 Å². The largest absolute Gasteiger partial charge is 0.484 e. The first-order valence-corrected chi connectivity index (χ1v) is 9.77. The van der Waals surface area contributed by atoms with Crippen molar-refractivity contribution in [2.24, 2.45) is 0 Å². The highest BCUT2D eigenvalue weighted by Crippen LogP contribution is 2.23. The molecule has 0 unspecified atom stereocenters. The molecule has 0 spiro atoms. The SMILES string of the molecule is CCc1cc(=O)oc2cc(OCC(=O)N3CCN(c4ccccn4)CC3)ccc12. The van der Waals surface area contributed by atoms with Gasteiger partial charge in [-0.25, -0.2) is 9.78 Å². The lowest BCUT2D eigenvalue weighted by molar-refractivity contribution is -0.133. The van der Waals surface area contributed by atoms with E-state index < -0.39 is 0 Å². The number of ether oxygens (including phenoxy) is 1. The second-order valence-electron chi connectivity index (χ2n) is 6.95. The van der Waals surface area contributed by atoms with Crippen LogP contribution in [0.15, 0.2) is 57.9 Å². The van der Waals surface area contributed by atoms with Gasteiger partial charge in [-0.3, -0.25) is 4.79 Å². The minimum Gasteiger partial charge on any atom is -0.484 e. The van der Waals surface area contributed by atoms with Gasteiger partial charge in [0.05, 0.1) is 0 Å². The van der Waals surface area contributed by atoms with Crippen LogP contribution in [0.4, 0.5) is 5.82 Å². The van der Waals surface area contributed by atoms with E-state index in [9.17, 15) is 9.59 Å². The molecule has 29 heavy (non-hydrogen) atoms. The molecule has 1 fully saturated rings. The van der Waals surface area contributed by atoms with Crippen LogP contribution in [0.1, 0.15) is 12.5 Å². The molecule has 1 saturated heterocycles. The maximum atomic E-state index is 12.5. The summed E-state index contributed by atoms with van der Waals surface area (Å²) >= 11 is 0. The number of benzene rings is 1. The molecule has 0 aliphatic carbocycles. The number of carbonyl (C=O) groups excluding carboxylic acids is 1. The quantitative estimate of drug-likeness (QED) is 0.620. The van der Waals surface area contributed by atoms with Gasteiger partial charge in [-0.05, 0) is 36.2 Å². The van der Waals surface area contributed by atoms with Gasteiger partial charge in [-0.15, -0.1) is 0 Å². The lowest BCUT2D eigenvalue weighted by Crippen LogP contribution is -2.50. The predicted molar refractivity (Wildman–Crippen MR) is 110 cm³/mol. The number of rotatable bonds is 5. The van der Waals surface area contributed by atoms with Crippen LogP contribution in [0.3, 0.4) is 0 Å². The first-order valence-electron chi connectivity index (χ1n) is 9.77. The zero-order chi connectivity index (χ0) is 20.2. The van der Waals surface area contributed by atoms with E-state index in [2.05, 4.69) is 9.88 Å². The van der Waals surface area contributed by atoms with Gasteiger partial charge >= 0.3 is 5.63 Å². The molecular weight excluding hydrogens is 370 g/mol. The van der Waals surface area contributed by atoms with Crippen molar-refractivity contribution in [1.82, 2.24) is 9.88 Å². The number of aromatic nitrogens is 1. The van der Waals surface area contributed by atoms with Crippen molar-refractivity contribution >= 4 is 22.7 Å². The Bertz CT molecular complexity index is 1060. The second-order valence-corrected chi connectivity index (χ2v) is 6.95. The van der Waals surface area contributed by atoms with Crippen molar-refractivity contribution in [3.05, 3.63) is 64.6 Å². The summed E-state index contributed by atoms with van der Waals surface area (Å²) in [7, 11) is 0. The third-order valence-corrected chi connectivity index (χ3v) is 5.15. The van der Waals surface area contributed by atoms with Crippen LogP contribution in [-0.2, 0) is 11.2 Å². The summed E-state index contributed by atoms with van der Waals surface area (Å²) in [6.07, 6.45) is 2.51. The van der Waals surface area contributed by atoms with Crippen molar-refractivity contribution in [2.45, 2.75) is 13.3 Å². The molecule has 3 aromatic rings. The van der Waals surface area contributed by atoms with E-state index in [4.69, 9.17) is 9.15 Å². The van der Waals surface area contributed by atoms with Crippen LogP contribution in [0.25, 0.3) is 11.0 Å². The smallest absolute Gasteiger partial charge is 0.336 e. The maximum Gasteiger partial charge on any atom is 0.336 e. The summed E-state index contributed by atoms with van der Waals surface area (Å²) < 4.78 is 11.0. The van der Waals surface area contributed by atoms with E-state index in [1.807, 2.05) is 31.2 Å². The topological polar surface area (TPSA) is 75.9 Å². The van der Waals surface area contributed by atoms with Crippen LogP contribution in [0.5, 0.6) is 5.75 Å². The highest BCUT2D eigenvalue weighted by atomic mass is 16.5. The fourth-order valence-electron chi connectivity index (χ4n) is 3.55. The molecule has 7 nitrogen and oxygen atoms in total. The molecular formula is C22H23N3O4. The van der Waals surface area contributed by atoms with Gasteiger partial charge in [0.2, 0.25) is 0 Å². The van der Waals surface area contributed by atoms with Gasteiger partial charge in [-0.2, -0.15) is 0 Å². The van der Waals surface area contributed by atoms with E-state index in [0.717, 1.165) is 36.3 Å². The summed E-state index contributed by atoms with van der Waals surface area (Å²) in [5, 5.41) is 0.886. The van der Waals surface area contributed by atoms with Crippen molar-refractivity contribution < 1.29 is 13.9 Å². The molecule has 0 atom stereocenters. The molecule has 7 heteroatoms. The lowest BCUT2D eigenvalue weighted by atomic mass is 10.1. The number of nitrogens with zero attached hydrogens (tertiary/aromatic N) is 3. The highest BCUT2D eigenvalue weighted by molar-refractivity contribution is 5.82. The molecule has 0 N–H and O–H groups in total. The second kappa shape index (κ2) is 8.34. The molecule has 0 radical (unpaired) electrons. The van der Waals surface area contributed by atoms with Crippen LogP contribution < -0.4 is 15.3 Å². The highest BCUT2D eigenvalue weighted by Gasteiger charge is 2.22.